The van der Waals surface area contributed by atoms with E-state index in [0.29, 0.717) is 41.9 Å². The molecule has 3 aromatic rings. The largest absolute Gasteiger partial charge is 0.398 e. The number of nitrogens with zero attached hydrogens (tertiary/aromatic N) is 3. The van der Waals surface area contributed by atoms with E-state index >= 15 is 0 Å². The Morgan fingerprint density at radius 1 is 1.22 bits per heavy atom. The van der Waals surface area contributed by atoms with Gasteiger partial charge in [-0.2, -0.15) is 4.98 Å². The second-order valence-corrected chi connectivity index (χ2v) is 9.10. The van der Waals surface area contributed by atoms with Crippen LogP contribution in [0, 0.1) is 5.41 Å². The van der Waals surface area contributed by atoms with Crippen LogP contribution in [0.5, 0.6) is 0 Å². The Hall–Kier alpha value is -3.50. The molecule has 0 fully saturated rings. The SMILES string of the molecule is COCCCN(c1ccnc(Nc2cccc(S(C)(=O)=O)c2)n1)c1cccc(N)c1C=N. The van der Waals surface area contributed by atoms with Crippen molar-refractivity contribution in [2.45, 2.75) is 11.3 Å². The summed E-state index contributed by atoms with van der Waals surface area (Å²) in [6, 6.07) is 13.7. The maximum absolute atomic E-state index is 11.8. The maximum atomic E-state index is 11.8. The van der Waals surface area contributed by atoms with Crippen molar-refractivity contribution in [2.24, 2.45) is 0 Å². The number of benzene rings is 2. The number of sulfone groups is 1. The van der Waals surface area contributed by atoms with Crippen molar-refractivity contribution in [2.75, 3.05) is 42.5 Å². The van der Waals surface area contributed by atoms with Crippen molar-refractivity contribution < 1.29 is 13.2 Å². The van der Waals surface area contributed by atoms with E-state index in [1.807, 2.05) is 17.0 Å². The topological polar surface area (TPSA) is 134 Å². The van der Waals surface area contributed by atoms with Gasteiger partial charge in [0.2, 0.25) is 5.95 Å². The molecular formula is C22H26N6O3S. The second kappa shape index (κ2) is 10.2. The van der Waals surface area contributed by atoms with E-state index in [1.165, 1.54) is 18.3 Å². The van der Waals surface area contributed by atoms with Gasteiger partial charge in [0.05, 0.1) is 10.6 Å². The summed E-state index contributed by atoms with van der Waals surface area (Å²) in [7, 11) is -1.69. The molecule has 9 nitrogen and oxygen atoms in total. The molecule has 2 aromatic carbocycles. The monoisotopic (exact) mass is 454 g/mol. The minimum atomic E-state index is -3.33. The number of aromatic nitrogens is 2. The molecular weight excluding hydrogens is 428 g/mol. The predicted molar refractivity (Wildman–Crippen MR) is 127 cm³/mol. The Morgan fingerprint density at radius 2 is 2.00 bits per heavy atom. The van der Waals surface area contributed by atoms with Gasteiger partial charge in [-0.25, -0.2) is 13.4 Å². The zero-order valence-electron chi connectivity index (χ0n) is 17.9. The number of anilines is 5. The molecule has 0 spiro atoms. The van der Waals surface area contributed by atoms with Gasteiger partial charge in [-0.1, -0.05) is 12.1 Å². The van der Waals surface area contributed by atoms with Crippen molar-refractivity contribution in [3.63, 3.8) is 0 Å². The smallest absolute Gasteiger partial charge is 0.229 e. The van der Waals surface area contributed by atoms with Crippen LogP contribution in [0.2, 0.25) is 0 Å². The van der Waals surface area contributed by atoms with Gasteiger partial charge in [0.25, 0.3) is 0 Å². The van der Waals surface area contributed by atoms with Gasteiger partial charge in [-0.05, 0) is 42.8 Å². The minimum Gasteiger partial charge on any atom is -0.398 e. The molecule has 0 aliphatic heterocycles. The van der Waals surface area contributed by atoms with Gasteiger partial charge in [-0.3, -0.25) is 0 Å². The molecule has 10 heteroatoms. The van der Waals surface area contributed by atoms with Crippen molar-refractivity contribution in [3.8, 4) is 0 Å². The third kappa shape index (κ3) is 5.59. The Morgan fingerprint density at radius 3 is 2.72 bits per heavy atom. The summed E-state index contributed by atoms with van der Waals surface area (Å²) in [6.45, 7) is 1.14. The zero-order chi connectivity index (χ0) is 23.1. The van der Waals surface area contributed by atoms with E-state index in [-0.39, 0.29) is 4.90 Å². The van der Waals surface area contributed by atoms with Crippen molar-refractivity contribution in [3.05, 3.63) is 60.3 Å². The molecule has 0 aliphatic rings. The predicted octanol–water partition coefficient (Wildman–Crippen LogP) is 3.38. The molecule has 0 unspecified atom stereocenters. The zero-order valence-corrected chi connectivity index (χ0v) is 18.8. The highest BCUT2D eigenvalue weighted by atomic mass is 32.2. The highest BCUT2D eigenvalue weighted by molar-refractivity contribution is 7.90. The molecule has 1 heterocycles. The van der Waals surface area contributed by atoms with Crippen LogP contribution in [-0.4, -0.2) is 51.1 Å². The molecule has 3 rings (SSSR count). The van der Waals surface area contributed by atoms with Crippen molar-refractivity contribution in [1.82, 2.24) is 9.97 Å². The van der Waals surface area contributed by atoms with Crippen LogP contribution in [0.4, 0.5) is 28.8 Å². The third-order valence-electron chi connectivity index (χ3n) is 4.72. The van der Waals surface area contributed by atoms with Crippen molar-refractivity contribution >= 4 is 44.9 Å². The average Bonchev–Trinajstić information content (AvgIpc) is 2.76. The summed E-state index contributed by atoms with van der Waals surface area (Å²) in [5.41, 5.74) is 8.49. The fraction of sp³-hybridized carbons (Fsp3) is 0.227. The summed E-state index contributed by atoms with van der Waals surface area (Å²) in [6.07, 6.45) is 4.73. The number of hydrogen-bond acceptors (Lipinski definition) is 9. The molecule has 4 N–H and O–H groups in total. The number of rotatable bonds is 10. The van der Waals surface area contributed by atoms with Crippen LogP contribution in [0.25, 0.3) is 0 Å². The minimum absolute atomic E-state index is 0.204. The lowest BCUT2D eigenvalue weighted by Crippen LogP contribution is -2.23. The first-order valence-corrected chi connectivity index (χ1v) is 11.8. The summed E-state index contributed by atoms with van der Waals surface area (Å²) < 4.78 is 28.9. The van der Waals surface area contributed by atoms with Gasteiger partial charge >= 0.3 is 0 Å². The number of methoxy groups -OCH3 is 1. The van der Waals surface area contributed by atoms with Crippen LogP contribution in [0.3, 0.4) is 0 Å². The van der Waals surface area contributed by atoms with Gasteiger partial charge in [0.1, 0.15) is 5.82 Å². The lowest BCUT2D eigenvalue weighted by atomic mass is 10.1. The molecule has 168 valence electrons. The van der Waals surface area contributed by atoms with E-state index in [9.17, 15) is 8.42 Å². The van der Waals surface area contributed by atoms with E-state index in [2.05, 4.69) is 15.3 Å². The fourth-order valence-corrected chi connectivity index (χ4v) is 3.85. The number of nitrogens with one attached hydrogen (secondary N) is 2. The third-order valence-corrected chi connectivity index (χ3v) is 5.83. The molecule has 32 heavy (non-hydrogen) atoms. The summed E-state index contributed by atoms with van der Waals surface area (Å²) in [4.78, 5) is 11.0. The van der Waals surface area contributed by atoms with Crippen LogP contribution < -0.4 is 16.0 Å². The van der Waals surface area contributed by atoms with Crippen LogP contribution in [0.1, 0.15) is 12.0 Å². The van der Waals surface area contributed by atoms with Gasteiger partial charge in [0, 0.05) is 55.9 Å². The second-order valence-electron chi connectivity index (χ2n) is 7.09. The maximum Gasteiger partial charge on any atom is 0.229 e. The van der Waals surface area contributed by atoms with E-state index in [0.717, 1.165) is 18.4 Å². The Labute approximate surface area is 187 Å². The highest BCUT2D eigenvalue weighted by Gasteiger charge is 2.16. The quantitative estimate of drug-likeness (QED) is 0.241. The molecule has 0 atom stereocenters. The first-order valence-electron chi connectivity index (χ1n) is 9.89. The van der Waals surface area contributed by atoms with Crippen LogP contribution in [0.15, 0.2) is 59.6 Å². The molecule has 0 saturated heterocycles. The lowest BCUT2D eigenvalue weighted by Gasteiger charge is -2.26. The summed E-state index contributed by atoms with van der Waals surface area (Å²) in [5.74, 6) is 0.914. The Kier molecular flexibility index (Phi) is 7.39. The van der Waals surface area contributed by atoms with Crippen molar-refractivity contribution in [1.29, 1.82) is 5.41 Å². The normalized spacial score (nSPS) is 11.2. The number of nitrogen functional groups attached to an aromatic ring is 1. The molecule has 0 amide bonds. The molecule has 0 aliphatic carbocycles. The van der Waals surface area contributed by atoms with Crippen LogP contribution >= 0.6 is 0 Å². The van der Waals surface area contributed by atoms with E-state index in [1.54, 1.807) is 37.6 Å². The molecule has 0 bridgehead atoms. The standard InChI is InChI=1S/C22H26N6O3S/c1-31-13-5-12-28(20-9-4-8-19(24)18(20)15-23)21-10-11-25-22(27-21)26-16-6-3-7-17(14-16)32(2,29)30/h3-4,6-11,14-15,23H,5,12-13,24H2,1-2H3,(H,25,26,27). The molecule has 0 saturated carbocycles. The number of ether oxygens (including phenoxy) is 1. The number of hydrogen-bond donors (Lipinski definition) is 3. The van der Waals surface area contributed by atoms with Gasteiger partial charge in [0.15, 0.2) is 9.84 Å². The molecule has 1 aromatic heterocycles. The highest BCUT2D eigenvalue weighted by Crippen LogP contribution is 2.30. The number of nitrogens with two attached hydrogens (primary N) is 1. The first kappa shape index (κ1) is 23.2. The Balaban J connectivity index is 1.97. The molecule has 0 radical (unpaired) electrons. The fourth-order valence-electron chi connectivity index (χ4n) is 3.18. The summed E-state index contributed by atoms with van der Waals surface area (Å²) in [5, 5.41) is 10.9. The summed E-state index contributed by atoms with van der Waals surface area (Å²) >= 11 is 0. The van der Waals surface area contributed by atoms with Gasteiger partial charge in [-0.15, -0.1) is 0 Å². The van der Waals surface area contributed by atoms with E-state index in [4.69, 9.17) is 15.9 Å². The average molecular weight is 455 g/mol. The first-order chi connectivity index (χ1) is 15.3. The van der Waals surface area contributed by atoms with Gasteiger partial charge < -0.3 is 26.1 Å². The van der Waals surface area contributed by atoms with E-state index < -0.39 is 9.84 Å². The lowest BCUT2D eigenvalue weighted by molar-refractivity contribution is 0.196. The van der Waals surface area contributed by atoms with Crippen LogP contribution in [-0.2, 0) is 14.6 Å². The Bertz CT molecular complexity index is 1200.